The van der Waals surface area contributed by atoms with Gasteiger partial charge in [0.2, 0.25) is 5.91 Å². The number of amides is 1. The number of aryl methyl sites for hydroxylation is 1. The molecule has 3 rings (SSSR count). The van der Waals surface area contributed by atoms with Crippen molar-refractivity contribution in [3.63, 3.8) is 0 Å². The lowest BCUT2D eigenvalue weighted by atomic mass is 9.96. The molecule has 1 aromatic carbocycles. The second-order valence-corrected chi connectivity index (χ2v) is 6.81. The van der Waals surface area contributed by atoms with Gasteiger partial charge in [-0.25, -0.2) is 4.98 Å². The fourth-order valence-corrected chi connectivity index (χ4v) is 3.26. The highest BCUT2D eigenvalue weighted by atomic mass is 19.3. The molecule has 2 heterocycles. The molecule has 7 heteroatoms. The Labute approximate surface area is 157 Å². The fourth-order valence-electron chi connectivity index (χ4n) is 3.26. The van der Waals surface area contributed by atoms with Crippen LogP contribution >= 0.6 is 0 Å². The summed E-state index contributed by atoms with van der Waals surface area (Å²) < 4.78 is 29.2. The Balaban J connectivity index is 1.57. The number of nitrogens with one attached hydrogen (secondary N) is 1. The summed E-state index contributed by atoms with van der Waals surface area (Å²) in [6.07, 6.45) is 3.45. The second kappa shape index (κ2) is 8.90. The molecular formula is C20H23F2N3O2. The Morgan fingerprint density at radius 2 is 2.22 bits per heavy atom. The van der Waals surface area contributed by atoms with E-state index in [-0.39, 0.29) is 17.6 Å². The Kier molecular flexibility index (Phi) is 6.34. The molecule has 1 unspecified atom stereocenters. The van der Waals surface area contributed by atoms with E-state index in [2.05, 4.69) is 19.9 Å². The third-order valence-corrected chi connectivity index (χ3v) is 4.57. The Morgan fingerprint density at radius 1 is 1.37 bits per heavy atom. The maximum Gasteiger partial charge on any atom is 0.387 e. The SMILES string of the molecule is Cc1ccc(NC(=O)C2CCCN(Cc3cccc(OC(F)F)c3)C2)nc1. The zero-order valence-corrected chi connectivity index (χ0v) is 15.2. The zero-order valence-electron chi connectivity index (χ0n) is 15.2. The number of carbonyl (C=O) groups is 1. The number of hydrogen-bond donors (Lipinski definition) is 1. The summed E-state index contributed by atoms with van der Waals surface area (Å²) >= 11 is 0. The standard InChI is InChI=1S/C20H23F2N3O2/c1-14-7-8-18(23-11-14)24-19(26)16-5-3-9-25(13-16)12-15-4-2-6-17(10-15)27-20(21)22/h2,4,6-8,10-11,16,20H,3,5,9,12-13H2,1H3,(H,23,24,26). The van der Waals surface area contributed by atoms with Crippen molar-refractivity contribution in [1.82, 2.24) is 9.88 Å². The number of halogens is 2. The maximum atomic E-state index is 12.5. The molecule has 1 saturated heterocycles. The molecule has 0 bridgehead atoms. The van der Waals surface area contributed by atoms with Crippen LogP contribution in [-0.2, 0) is 11.3 Å². The lowest BCUT2D eigenvalue weighted by Gasteiger charge is -2.32. The molecule has 27 heavy (non-hydrogen) atoms. The summed E-state index contributed by atoms with van der Waals surface area (Å²) in [6, 6.07) is 10.4. The van der Waals surface area contributed by atoms with Gasteiger partial charge < -0.3 is 10.1 Å². The first-order chi connectivity index (χ1) is 13.0. The Hall–Kier alpha value is -2.54. The number of aromatic nitrogens is 1. The molecule has 0 radical (unpaired) electrons. The van der Waals surface area contributed by atoms with E-state index in [1.165, 1.54) is 6.07 Å². The van der Waals surface area contributed by atoms with Gasteiger partial charge in [0.25, 0.3) is 0 Å². The number of hydrogen-bond acceptors (Lipinski definition) is 4. The van der Waals surface area contributed by atoms with Crippen LogP contribution in [0.15, 0.2) is 42.6 Å². The van der Waals surface area contributed by atoms with E-state index in [1.54, 1.807) is 24.4 Å². The van der Waals surface area contributed by atoms with Crippen LogP contribution in [0.5, 0.6) is 5.75 Å². The molecule has 1 aromatic heterocycles. The minimum atomic E-state index is -2.83. The smallest absolute Gasteiger partial charge is 0.387 e. The lowest BCUT2D eigenvalue weighted by molar-refractivity contribution is -0.121. The largest absolute Gasteiger partial charge is 0.435 e. The summed E-state index contributed by atoms with van der Waals surface area (Å²) in [5, 5.41) is 2.87. The Morgan fingerprint density at radius 3 is 2.96 bits per heavy atom. The highest BCUT2D eigenvalue weighted by Crippen LogP contribution is 2.22. The molecule has 1 amide bonds. The predicted octanol–water partition coefficient (Wildman–Crippen LogP) is 3.84. The number of ether oxygens (including phenoxy) is 1. The lowest BCUT2D eigenvalue weighted by Crippen LogP contribution is -2.40. The van der Waals surface area contributed by atoms with E-state index in [9.17, 15) is 13.6 Å². The number of piperidine rings is 1. The van der Waals surface area contributed by atoms with Crippen molar-refractivity contribution in [3.8, 4) is 5.75 Å². The minimum Gasteiger partial charge on any atom is -0.435 e. The average molecular weight is 375 g/mol. The van der Waals surface area contributed by atoms with Crippen molar-refractivity contribution in [2.45, 2.75) is 32.9 Å². The van der Waals surface area contributed by atoms with Crippen LogP contribution in [0.1, 0.15) is 24.0 Å². The van der Waals surface area contributed by atoms with Crippen LogP contribution in [0.25, 0.3) is 0 Å². The van der Waals surface area contributed by atoms with E-state index in [1.807, 2.05) is 19.1 Å². The summed E-state index contributed by atoms with van der Waals surface area (Å²) in [7, 11) is 0. The van der Waals surface area contributed by atoms with Crippen molar-refractivity contribution in [1.29, 1.82) is 0 Å². The van der Waals surface area contributed by atoms with E-state index < -0.39 is 6.61 Å². The molecule has 2 aromatic rings. The molecule has 0 saturated carbocycles. The minimum absolute atomic E-state index is 0.0363. The summed E-state index contributed by atoms with van der Waals surface area (Å²) in [5.74, 6) is 0.548. The molecule has 144 valence electrons. The average Bonchev–Trinajstić information content (AvgIpc) is 2.63. The van der Waals surface area contributed by atoms with Crippen molar-refractivity contribution >= 4 is 11.7 Å². The van der Waals surface area contributed by atoms with Gasteiger partial charge >= 0.3 is 6.61 Å². The van der Waals surface area contributed by atoms with Crippen molar-refractivity contribution in [2.24, 2.45) is 5.92 Å². The molecule has 0 spiro atoms. The van der Waals surface area contributed by atoms with Gasteiger partial charge in [-0.05, 0) is 55.6 Å². The topological polar surface area (TPSA) is 54.5 Å². The third kappa shape index (κ3) is 5.72. The number of rotatable bonds is 6. The molecule has 1 aliphatic rings. The monoisotopic (exact) mass is 375 g/mol. The third-order valence-electron chi connectivity index (χ3n) is 4.57. The van der Waals surface area contributed by atoms with Crippen molar-refractivity contribution < 1.29 is 18.3 Å². The Bertz CT molecular complexity index is 768. The van der Waals surface area contributed by atoms with E-state index in [0.717, 1.165) is 30.5 Å². The quantitative estimate of drug-likeness (QED) is 0.833. The number of anilines is 1. The number of carbonyl (C=O) groups excluding carboxylic acids is 1. The molecule has 1 aliphatic heterocycles. The van der Waals surface area contributed by atoms with Gasteiger partial charge in [0.05, 0.1) is 5.92 Å². The highest BCUT2D eigenvalue weighted by molar-refractivity contribution is 5.91. The van der Waals surface area contributed by atoms with Crippen LogP contribution in [0, 0.1) is 12.8 Å². The number of alkyl halides is 2. The summed E-state index contributed by atoms with van der Waals surface area (Å²) in [4.78, 5) is 18.9. The molecule has 5 nitrogen and oxygen atoms in total. The number of nitrogens with zero attached hydrogens (tertiary/aromatic N) is 2. The van der Waals surface area contributed by atoms with Gasteiger partial charge in [0, 0.05) is 19.3 Å². The highest BCUT2D eigenvalue weighted by Gasteiger charge is 2.26. The van der Waals surface area contributed by atoms with E-state index >= 15 is 0 Å². The molecule has 1 atom stereocenters. The van der Waals surface area contributed by atoms with Gasteiger partial charge in [-0.3, -0.25) is 9.69 Å². The van der Waals surface area contributed by atoms with Crippen LogP contribution in [0.3, 0.4) is 0 Å². The summed E-state index contributed by atoms with van der Waals surface area (Å²) in [6.45, 7) is 1.19. The first-order valence-electron chi connectivity index (χ1n) is 8.99. The van der Waals surface area contributed by atoms with Gasteiger partial charge in [-0.2, -0.15) is 8.78 Å². The van der Waals surface area contributed by atoms with Gasteiger partial charge in [0.15, 0.2) is 0 Å². The van der Waals surface area contributed by atoms with Crippen LogP contribution in [-0.4, -0.2) is 35.5 Å². The van der Waals surface area contributed by atoms with Crippen LogP contribution in [0.4, 0.5) is 14.6 Å². The molecule has 1 N–H and O–H groups in total. The summed E-state index contributed by atoms with van der Waals surface area (Å²) in [5.41, 5.74) is 1.92. The van der Waals surface area contributed by atoms with Crippen LogP contribution in [0.2, 0.25) is 0 Å². The van der Waals surface area contributed by atoms with Crippen molar-refractivity contribution in [3.05, 3.63) is 53.7 Å². The van der Waals surface area contributed by atoms with E-state index in [4.69, 9.17) is 0 Å². The second-order valence-electron chi connectivity index (χ2n) is 6.81. The first-order valence-corrected chi connectivity index (χ1v) is 8.99. The normalized spacial score (nSPS) is 17.7. The number of likely N-dealkylation sites (tertiary alicyclic amines) is 1. The van der Waals surface area contributed by atoms with Gasteiger partial charge in [-0.1, -0.05) is 18.2 Å². The first kappa shape index (κ1) is 19.2. The zero-order chi connectivity index (χ0) is 19.2. The van der Waals surface area contributed by atoms with Crippen molar-refractivity contribution in [2.75, 3.05) is 18.4 Å². The maximum absolute atomic E-state index is 12.5. The molecule has 1 fully saturated rings. The fraction of sp³-hybridized carbons (Fsp3) is 0.400. The van der Waals surface area contributed by atoms with Gasteiger partial charge in [0.1, 0.15) is 11.6 Å². The predicted molar refractivity (Wildman–Crippen MR) is 98.7 cm³/mol. The molecular weight excluding hydrogens is 352 g/mol. The molecule has 0 aliphatic carbocycles. The van der Waals surface area contributed by atoms with Crippen LogP contribution < -0.4 is 10.1 Å². The number of pyridine rings is 1. The van der Waals surface area contributed by atoms with E-state index in [0.29, 0.717) is 18.9 Å². The number of benzene rings is 1. The van der Waals surface area contributed by atoms with Gasteiger partial charge in [-0.15, -0.1) is 0 Å².